The predicted octanol–water partition coefficient (Wildman–Crippen LogP) is 3.71. The minimum atomic E-state index is -0.313. The average molecular weight is 417 g/mol. The monoisotopic (exact) mass is 417 g/mol. The maximum atomic E-state index is 13.7. The van der Waals surface area contributed by atoms with Crippen LogP contribution in [0.5, 0.6) is 5.75 Å². The Kier molecular flexibility index (Phi) is 4.74. The standard InChI is InChI=1S/C23H20FN5O2/c1-12(23(30)29-21-11-27-14(9-25)10-28-21)22-16-7-15(8-17(16)22)31-20-4-5-26-19-3-2-13(24)6-18(19)20/h2-6,10-12,15-17,22H,7-8H2,1H3,(H,28,29,30)/t12?,15?,16-,17+,22?. The number of hydrogen-bond acceptors (Lipinski definition) is 6. The summed E-state index contributed by atoms with van der Waals surface area (Å²) in [6.07, 6.45) is 6.21. The number of nitrogens with zero attached hydrogens (tertiary/aromatic N) is 4. The van der Waals surface area contributed by atoms with E-state index in [0.717, 1.165) is 12.8 Å². The summed E-state index contributed by atoms with van der Waals surface area (Å²) < 4.78 is 19.9. The Morgan fingerprint density at radius 2 is 2.03 bits per heavy atom. The van der Waals surface area contributed by atoms with E-state index >= 15 is 0 Å². The van der Waals surface area contributed by atoms with Crippen LogP contribution < -0.4 is 10.1 Å². The van der Waals surface area contributed by atoms with Gasteiger partial charge in [-0.05, 0) is 54.9 Å². The molecule has 2 aromatic heterocycles. The number of aromatic nitrogens is 3. The van der Waals surface area contributed by atoms with Gasteiger partial charge < -0.3 is 10.1 Å². The molecule has 5 rings (SSSR count). The summed E-state index contributed by atoms with van der Waals surface area (Å²) in [6, 6.07) is 8.17. The fraction of sp³-hybridized carbons (Fsp3) is 0.348. The van der Waals surface area contributed by atoms with Crippen LogP contribution in [0.15, 0.2) is 42.9 Å². The first-order chi connectivity index (χ1) is 15.0. The number of carbonyl (C=O) groups is 1. The molecule has 2 saturated carbocycles. The molecule has 1 aromatic carbocycles. The molecule has 5 atom stereocenters. The predicted molar refractivity (Wildman–Crippen MR) is 110 cm³/mol. The van der Waals surface area contributed by atoms with Crippen molar-refractivity contribution in [3.63, 3.8) is 0 Å². The fourth-order valence-corrected chi connectivity index (χ4v) is 4.92. The number of fused-ring (bicyclic) bond motifs is 2. The molecule has 0 saturated heterocycles. The molecule has 0 spiro atoms. The number of amides is 1. The van der Waals surface area contributed by atoms with E-state index < -0.39 is 0 Å². The van der Waals surface area contributed by atoms with Gasteiger partial charge in [0.25, 0.3) is 0 Å². The van der Waals surface area contributed by atoms with Gasteiger partial charge in [-0.3, -0.25) is 9.78 Å². The zero-order valence-electron chi connectivity index (χ0n) is 16.8. The molecule has 0 aliphatic heterocycles. The van der Waals surface area contributed by atoms with Crippen LogP contribution in [0.3, 0.4) is 0 Å². The normalized spacial score (nSPS) is 24.8. The summed E-state index contributed by atoms with van der Waals surface area (Å²) in [4.78, 5) is 24.8. The quantitative estimate of drug-likeness (QED) is 0.679. The largest absolute Gasteiger partial charge is 0.490 e. The van der Waals surface area contributed by atoms with E-state index in [1.54, 1.807) is 18.3 Å². The highest BCUT2D eigenvalue weighted by Crippen LogP contribution is 2.61. The lowest BCUT2D eigenvalue weighted by Crippen LogP contribution is -2.26. The second-order valence-corrected chi connectivity index (χ2v) is 8.26. The molecule has 0 bridgehead atoms. The lowest BCUT2D eigenvalue weighted by atomic mass is 9.97. The summed E-state index contributed by atoms with van der Waals surface area (Å²) in [7, 11) is 0. The van der Waals surface area contributed by atoms with Crippen LogP contribution in [0.2, 0.25) is 0 Å². The molecule has 156 valence electrons. The molecule has 2 fully saturated rings. The third-order valence-corrected chi connectivity index (χ3v) is 6.43. The van der Waals surface area contributed by atoms with Gasteiger partial charge >= 0.3 is 0 Å². The van der Waals surface area contributed by atoms with Crippen molar-refractivity contribution in [3.05, 3.63) is 54.4 Å². The second-order valence-electron chi connectivity index (χ2n) is 8.26. The molecule has 2 heterocycles. The average Bonchev–Trinajstić information content (AvgIpc) is 3.28. The smallest absolute Gasteiger partial charge is 0.228 e. The molecule has 7 nitrogen and oxygen atoms in total. The van der Waals surface area contributed by atoms with Gasteiger partial charge in [-0.25, -0.2) is 14.4 Å². The Hall–Kier alpha value is -3.60. The maximum Gasteiger partial charge on any atom is 0.228 e. The van der Waals surface area contributed by atoms with Crippen molar-refractivity contribution in [2.75, 3.05) is 5.32 Å². The van der Waals surface area contributed by atoms with E-state index in [4.69, 9.17) is 10.00 Å². The van der Waals surface area contributed by atoms with Gasteiger partial charge in [0.15, 0.2) is 11.5 Å². The van der Waals surface area contributed by atoms with Gasteiger partial charge in [0.1, 0.15) is 17.6 Å². The summed E-state index contributed by atoms with van der Waals surface area (Å²) in [5.74, 6) is 1.66. The zero-order valence-corrected chi connectivity index (χ0v) is 16.8. The van der Waals surface area contributed by atoms with E-state index in [0.29, 0.717) is 40.2 Å². The number of pyridine rings is 1. The molecule has 8 heteroatoms. The Balaban J connectivity index is 1.19. The van der Waals surface area contributed by atoms with E-state index in [-0.39, 0.29) is 29.4 Å². The minimum absolute atomic E-state index is 0.0553. The summed E-state index contributed by atoms with van der Waals surface area (Å²) in [6.45, 7) is 1.93. The number of carbonyl (C=O) groups excluding carboxylic acids is 1. The highest BCUT2D eigenvalue weighted by Gasteiger charge is 2.59. The van der Waals surface area contributed by atoms with Crippen molar-refractivity contribution in [1.82, 2.24) is 15.0 Å². The van der Waals surface area contributed by atoms with E-state index in [1.807, 2.05) is 13.0 Å². The molecule has 3 unspecified atom stereocenters. The molecule has 2 aliphatic rings. The van der Waals surface area contributed by atoms with Crippen LogP contribution in [-0.2, 0) is 4.79 Å². The number of rotatable bonds is 5. The summed E-state index contributed by atoms with van der Waals surface area (Å²) in [5, 5.41) is 12.2. The van der Waals surface area contributed by atoms with Crippen LogP contribution in [0.1, 0.15) is 25.5 Å². The number of halogens is 1. The van der Waals surface area contributed by atoms with Gasteiger partial charge in [0, 0.05) is 17.5 Å². The number of nitriles is 1. The third kappa shape index (κ3) is 3.67. The lowest BCUT2D eigenvalue weighted by molar-refractivity contribution is -0.120. The SMILES string of the molecule is CC(C(=O)Nc1cnc(C#N)cn1)C1[C@H]2CC(Oc3ccnc4ccc(F)cc34)C[C@@H]12. The van der Waals surface area contributed by atoms with Gasteiger partial charge in [0.2, 0.25) is 5.91 Å². The van der Waals surface area contributed by atoms with Crippen LogP contribution >= 0.6 is 0 Å². The van der Waals surface area contributed by atoms with Crippen molar-refractivity contribution in [2.45, 2.75) is 25.9 Å². The number of ether oxygens (including phenoxy) is 1. The number of hydrogen-bond donors (Lipinski definition) is 1. The molecule has 31 heavy (non-hydrogen) atoms. The molecule has 1 N–H and O–H groups in total. The Morgan fingerprint density at radius 1 is 1.23 bits per heavy atom. The molecule has 2 aliphatic carbocycles. The van der Waals surface area contributed by atoms with Crippen molar-refractivity contribution in [2.24, 2.45) is 23.7 Å². The van der Waals surface area contributed by atoms with Crippen molar-refractivity contribution in [1.29, 1.82) is 5.26 Å². The lowest BCUT2D eigenvalue weighted by Gasteiger charge is -2.20. The maximum absolute atomic E-state index is 13.7. The number of benzene rings is 1. The number of nitrogens with one attached hydrogen (secondary N) is 1. The van der Waals surface area contributed by atoms with Crippen LogP contribution in [0.25, 0.3) is 10.9 Å². The van der Waals surface area contributed by atoms with Crippen molar-refractivity contribution in [3.8, 4) is 11.8 Å². The van der Waals surface area contributed by atoms with E-state index in [9.17, 15) is 9.18 Å². The van der Waals surface area contributed by atoms with Gasteiger partial charge in [-0.15, -0.1) is 0 Å². The Morgan fingerprint density at radius 3 is 2.74 bits per heavy atom. The second kappa shape index (κ2) is 7.58. The summed E-state index contributed by atoms with van der Waals surface area (Å²) in [5.41, 5.74) is 0.912. The molecule has 3 aromatic rings. The Bertz CT molecular complexity index is 1180. The topological polar surface area (TPSA) is 101 Å². The van der Waals surface area contributed by atoms with Gasteiger partial charge in [-0.1, -0.05) is 6.92 Å². The Labute approximate surface area is 178 Å². The molecule has 1 amide bonds. The van der Waals surface area contributed by atoms with Crippen LogP contribution in [-0.4, -0.2) is 27.0 Å². The van der Waals surface area contributed by atoms with E-state index in [1.165, 1.54) is 24.5 Å². The third-order valence-electron chi connectivity index (χ3n) is 6.43. The highest BCUT2D eigenvalue weighted by atomic mass is 19.1. The molecular formula is C23H20FN5O2. The summed E-state index contributed by atoms with van der Waals surface area (Å²) >= 11 is 0. The zero-order chi connectivity index (χ0) is 21.5. The van der Waals surface area contributed by atoms with Crippen molar-refractivity contribution < 1.29 is 13.9 Å². The molecular weight excluding hydrogens is 397 g/mol. The van der Waals surface area contributed by atoms with Crippen LogP contribution in [0, 0.1) is 40.8 Å². The first-order valence-corrected chi connectivity index (χ1v) is 10.3. The number of anilines is 1. The van der Waals surface area contributed by atoms with Crippen molar-refractivity contribution >= 4 is 22.6 Å². The minimum Gasteiger partial charge on any atom is -0.490 e. The van der Waals surface area contributed by atoms with Gasteiger partial charge in [0.05, 0.1) is 24.0 Å². The van der Waals surface area contributed by atoms with Gasteiger partial charge in [-0.2, -0.15) is 5.26 Å². The first-order valence-electron chi connectivity index (χ1n) is 10.3. The first kappa shape index (κ1) is 19.4. The molecule has 0 radical (unpaired) electrons. The van der Waals surface area contributed by atoms with Crippen LogP contribution in [0.4, 0.5) is 10.2 Å². The highest BCUT2D eigenvalue weighted by molar-refractivity contribution is 5.91. The van der Waals surface area contributed by atoms with E-state index in [2.05, 4.69) is 20.3 Å². The fourth-order valence-electron chi connectivity index (χ4n) is 4.92.